The molecule has 7 heteroatoms. The van der Waals surface area contributed by atoms with E-state index in [4.69, 9.17) is 18.9 Å². The number of rotatable bonds is 14. The molecule has 0 aliphatic carbocycles. The molecule has 1 aliphatic rings. The molecule has 7 nitrogen and oxygen atoms in total. The maximum atomic E-state index is 13.4. The largest absolute Gasteiger partial charge is 0.444 e. The van der Waals surface area contributed by atoms with Gasteiger partial charge in [0.2, 0.25) is 0 Å². The number of likely N-dealkylation sites (tertiary alicyclic amines) is 1. The third-order valence-electron chi connectivity index (χ3n) is 5.80. The van der Waals surface area contributed by atoms with E-state index in [-0.39, 0.29) is 12.5 Å². The van der Waals surface area contributed by atoms with Crippen molar-refractivity contribution in [3.05, 3.63) is 0 Å². The molecule has 4 atom stereocenters. The van der Waals surface area contributed by atoms with Crippen LogP contribution in [0.1, 0.15) is 93.4 Å². The molecule has 0 spiro atoms. The lowest BCUT2D eigenvalue weighted by Crippen LogP contribution is -2.51. The first-order valence-electron chi connectivity index (χ1n) is 12.4. The Morgan fingerprint density at radius 2 is 1.62 bits per heavy atom. The van der Waals surface area contributed by atoms with Gasteiger partial charge in [0.05, 0.1) is 31.2 Å². The van der Waals surface area contributed by atoms with Crippen molar-refractivity contribution in [2.24, 2.45) is 0 Å². The Kier molecular flexibility index (Phi) is 12.6. The van der Waals surface area contributed by atoms with Crippen molar-refractivity contribution in [2.45, 2.75) is 123 Å². The number of carbonyl (C=O) groups excluding carboxylic acids is 1. The van der Waals surface area contributed by atoms with Gasteiger partial charge in [0, 0.05) is 19.8 Å². The van der Waals surface area contributed by atoms with E-state index < -0.39 is 29.4 Å². The standard InChI is InChI=1S/C25H46N2O5/c1-8-11-16-29-19-20-22(30-17-12-9-2)25(7,31-18-13-10-3)21(14-15-26)27(20)23(28)32-24(4,5)6/h20-22H,8-14,16-19H2,1-7H3/t20-,21+,22-,25+/m1/s1. The van der Waals surface area contributed by atoms with Crippen LogP contribution in [-0.4, -0.2) is 66.8 Å². The summed E-state index contributed by atoms with van der Waals surface area (Å²) in [5, 5.41) is 9.64. The van der Waals surface area contributed by atoms with Crippen molar-refractivity contribution in [1.82, 2.24) is 4.90 Å². The lowest BCUT2D eigenvalue weighted by atomic mass is 9.90. The first kappa shape index (κ1) is 28.7. The van der Waals surface area contributed by atoms with Crippen LogP contribution in [0.25, 0.3) is 0 Å². The normalized spacial score (nSPS) is 25.7. The van der Waals surface area contributed by atoms with E-state index in [1.165, 1.54) is 0 Å². The smallest absolute Gasteiger partial charge is 0.411 e. The maximum Gasteiger partial charge on any atom is 0.411 e. The van der Waals surface area contributed by atoms with E-state index in [0.717, 1.165) is 38.5 Å². The number of carbonyl (C=O) groups is 1. The molecule has 186 valence electrons. The molecule has 0 N–H and O–H groups in total. The molecule has 1 rings (SSSR count). The Morgan fingerprint density at radius 3 is 2.19 bits per heavy atom. The molecular weight excluding hydrogens is 408 g/mol. The zero-order valence-corrected chi connectivity index (χ0v) is 21.4. The number of nitrogens with zero attached hydrogens (tertiary/aromatic N) is 2. The van der Waals surface area contributed by atoms with Gasteiger partial charge in [-0.25, -0.2) is 4.79 Å². The van der Waals surface area contributed by atoms with Gasteiger partial charge in [0.15, 0.2) is 0 Å². The molecule has 1 aliphatic heterocycles. The van der Waals surface area contributed by atoms with Crippen molar-refractivity contribution in [3.63, 3.8) is 0 Å². The first-order chi connectivity index (χ1) is 15.2. The second-order valence-corrected chi connectivity index (χ2v) is 9.79. The molecule has 1 amide bonds. The first-order valence-corrected chi connectivity index (χ1v) is 12.4. The third kappa shape index (κ3) is 8.20. The summed E-state index contributed by atoms with van der Waals surface area (Å²) in [5.41, 5.74) is -1.48. The van der Waals surface area contributed by atoms with Gasteiger partial charge in [-0.3, -0.25) is 4.90 Å². The topological polar surface area (TPSA) is 81.0 Å². The van der Waals surface area contributed by atoms with E-state index in [1.807, 2.05) is 27.7 Å². The predicted molar refractivity (Wildman–Crippen MR) is 126 cm³/mol. The van der Waals surface area contributed by atoms with Crippen molar-refractivity contribution in [3.8, 4) is 6.07 Å². The zero-order valence-electron chi connectivity index (χ0n) is 21.4. The number of ether oxygens (including phenoxy) is 4. The lowest BCUT2D eigenvalue weighted by Gasteiger charge is -2.36. The monoisotopic (exact) mass is 454 g/mol. The highest BCUT2D eigenvalue weighted by Crippen LogP contribution is 2.41. The summed E-state index contributed by atoms with van der Waals surface area (Å²) in [6.45, 7) is 15.9. The maximum absolute atomic E-state index is 13.4. The zero-order chi connectivity index (χ0) is 24.2. The lowest BCUT2D eigenvalue weighted by molar-refractivity contribution is -0.134. The fourth-order valence-electron chi connectivity index (χ4n) is 4.05. The van der Waals surface area contributed by atoms with E-state index in [1.54, 1.807) is 4.90 Å². The van der Waals surface area contributed by atoms with Crippen LogP contribution in [0.15, 0.2) is 0 Å². The minimum Gasteiger partial charge on any atom is -0.444 e. The summed E-state index contributed by atoms with van der Waals surface area (Å²) >= 11 is 0. The van der Waals surface area contributed by atoms with Crippen LogP contribution in [0.4, 0.5) is 4.79 Å². The van der Waals surface area contributed by atoms with Crippen molar-refractivity contribution >= 4 is 6.09 Å². The molecule has 0 aromatic heterocycles. The van der Waals surface area contributed by atoms with Crippen molar-refractivity contribution in [2.75, 3.05) is 26.4 Å². The number of hydrogen-bond donors (Lipinski definition) is 0. The molecule has 1 fully saturated rings. The average molecular weight is 455 g/mol. The average Bonchev–Trinajstić information content (AvgIpc) is 2.93. The summed E-state index contributed by atoms with van der Waals surface area (Å²) in [7, 11) is 0. The number of unbranched alkanes of at least 4 members (excludes halogenated alkanes) is 3. The minimum absolute atomic E-state index is 0.140. The fraction of sp³-hybridized carbons (Fsp3) is 0.920. The molecular formula is C25H46N2O5. The third-order valence-corrected chi connectivity index (χ3v) is 5.80. The van der Waals surface area contributed by atoms with Gasteiger partial charge in [0.25, 0.3) is 0 Å². The number of amides is 1. The van der Waals surface area contributed by atoms with Crippen LogP contribution in [0.5, 0.6) is 0 Å². The van der Waals surface area contributed by atoms with Crippen LogP contribution >= 0.6 is 0 Å². The van der Waals surface area contributed by atoms with Gasteiger partial charge in [-0.15, -0.1) is 0 Å². The Bertz CT molecular complexity index is 586. The molecule has 0 radical (unpaired) electrons. The van der Waals surface area contributed by atoms with Crippen molar-refractivity contribution < 1.29 is 23.7 Å². The summed E-state index contributed by atoms with van der Waals surface area (Å²) < 4.78 is 24.6. The Morgan fingerprint density at radius 1 is 1.03 bits per heavy atom. The summed E-state index contributed by atoms with van der Waals surface area (Å²) in [6.07, 6.45) is 5.10. The van der Waals surface area contributed by atoms with E-state index >= 15 is 0 Å². The van der Waals surface area contributed by atoms with Gasteiger partial charge in [-0.2, -0.15) is 5.26 Å². The molecule has 1 heterocycles. The molecule has 0 aromatic carbocycles. The van der Waals surface area contributed by atoms with Gasteiger partial charge < -0.3 is 18.9 Å². The predicted octanol–water partition coefficient (Wildman–Crippen LogP) is 5.47. The van der Waals surface area contributed by atoms with E-state index in [2.05, 4.69) is 26.8 Å². The van der Waals surface area contributed by atoms with Crippen LogP contribution in [0.3, 0.4) is 0 Å². The van der Waals surface area contributed by atoms with E-state index in [9.17, 15) is 10.1 Å². The molecule has 0 bridgehead atoms. The van der Waals surface area contributed by atoms with Crippen LogP contribution < -0.4 is 0 Å². The highest BCUT2D eigenvalue weighted by molar-refractivity contribution is 5.70. The van der Waals surface area contributed by atoms with Gasteiger partial charge in [-0.1, -0.05) is 40.0 Å². The summed E-state index contributed by atoms with van der Waals surface area (Å²) in [6, 6.07) is 1.40. The molecule has 1 saturated heterocycles. The second-order valence-electron chi connectivity index (χ2n) is 9.79. The highest BCUT2D eigenvalue weighted by Gasteiger charge is 2.60. The van der Waals surface area contributed by atoms with Crippen LogP contribution in [-0.2, 0) is 18.9 Å². The fourth-order valence-corrected chi connectivity index (χ4v) is 4.05. The van der Waals surface area contributed by atoms with Gasteiger partial charge in [0.1, 0.15) is 17.3 Å². The molecule has 0 unspecified atom stereocenters. The number of nitriles is 1. The quantitative estimate of drug-likeness (QED) is 0.324. The second kappa shape index (κ2) is 14.0. The van der Waals surface area contributed by atoms with Crippen LogP contribution in [0.2, 0.25) is 0 Å². The SMILES string of the molecule is CCCCOC[C@@H]1[C@@H](OCCCC)[C@@](C)(OCCCC)[C@H](CC#N)N1C(=O)OC(C)(C)C. The van der Waals surface area contributed by atoms with Crippen LogP contribution in [0, 0.1) is 11.3 Å². The number of hydrogen-bond acceptors (Lipinski definition) is 6. The highest BCUT2D eigenvalue weighted by atomic mass is 16.6. The van der Waals surface area contributed by atoms with E-state index in [0.29, 0.717) is 26.4 Å². The summed E-state index contributed by atoms with van der Waals surface area (Å²) in [5.74, 6) is 0. The Balaban J connectivity index is 3.35. The van der Waals surface area contributed by atoms with Crippen molar-refractivity contribution in [1.29, 1.82) is 5.26 Å². The summed E-state index contributed by atoms with van der Waals surface area (Å²) in [4.78, 5) is 15.0. The Labute approximate surface area is 195 Å². The Hall–Kier alpha value is -1.36. The van der Waals surface area contributed by atoms with Gasteiger partial charge in [-0.05, 0) is 47.0 Å². The molecule has 32 heavy (non-hydrogen) atoms. The molecule has 0 aromatic rings. The minimum atomic E-state index is -0.825. The van der Waals surface area contributed by atoms with Gasteiger partial charge >= 0.3 is 6.09 Å². The molecule has 0 saturated carbocycles.